The first kappa shape index (κ1) is 25.3. The Kier molecular flexibility index (Phi) is 8.71. The zero-order chi connectivity index (χ0) is 24.6. The van der Waals surface area contributed by atoms with Crippen LogP contribution in [0.4, 0.5) is 5.69 Å². The van der Waals surface area contributed by atoms with Crippen molar-refractivity contribution in [3.63, 3.8) is 0 Å². The van der Waals surface area contributed by atoms with Gasteiger partial charge in [0.25, 0.3) is 10.0 Å². The van der Waals surface area contributed by atoms with Gasteiger partial charge in [-0.2, -0.15) is 0 Å². The molecule has 0 aliphatic carbocycles. The van der Waals surface area contributed by atoms with E-state index in [1.807, 2.05) is 57.2 Å². The number of amides is 1. The van der Waals surface area contributed by atoms with Crippen molar-refractivity contribution in [1.29, 1.82) is 0 Å². The van der Waals surface area contributed by atoms with Gasteiger partial charge in [-0.05, 0) is 69.0 Å². The molecule has 34 heavy (non-hydrogen) atoms. The lowest BCUT2D eigenvalue weighted by molar-refractivity contribution is -0.119. The lowest BCUT2D eigenvalue weighted by Gasteiger charge is -2.25. The second-order valence-electron chi connectivity index (χ2n) is 8.11. The quantitative estimate of drug-likeness (QED) is 0.406. The van der Waals surface area contributed by atoms with Gasteiger partial charge >= 0.3 is 0 Å². The molecule has 0 heterocycles. The summed E-state index contributed by atoms with van der Waals surface area (Å²) in [4.78, 5) is 13.0. The van der Waals surface area contributed by atoms with Gasteiger partial charge in [0.1, 0.15) is 12.3 Å². The number of nitrogens with zero attached hydrogens (tertiary/aromatic N) is 1. The normalized spacial score (nSPS) is 11.1. The summed E-state index contributed by atoms with van der Waals surface area (Å²) in [6.45, 7) is 6.42. The zero-order valence-electron chi connectivity index (χ0n) is 20.0. The fraction of sp³-hybridized carbons (Fsp3) is 0.296. The van der Waals surface area contributed by atoms with Gasteiger partial charge in [0.05, 0.1) is 17.2 Å². The molecule has 0 spiro atoms. The zero-order valence-corrected chi connectivity index (χ0v) is 20.8. The molecule has 0 saturated carbocycles. The molecule has 7 heteroatoms. The molecule has 6 nitrogen and oxygen atoms in total. The first-order chi connectivity index (χ1) is 16.3. The fourth-order valence-electron chi connectivity index (χ4n) is 3.68. The van der Waals surface area contributed by atoms with Crippen molar-refractivity contribution >= 4 is 21.6 Å². The molecule has 1 amide bonds. The van der Waals surface area contributed by atoms with Crippen LogP contribution in [0.15, 0.2) is 77.7 Å². The number of hydrogen-bond donors (Lipinski definition) is 1. The van der Waals surface area contributed by atoms with Crippen molar-refractivity contribution in [3.05, 3.63) is 89.5 Å². The van der Waals surface area contributed by atoms with Gasteiger partial charge in [-0.1, -0.05) is 54.1 Å². The highest BCUT2D eigenvalue weighted by molar-refractivity contribution is 7.92. The summed E-state index contributed by atoms with van der Waals surface area (Å²) in [5.41, 5.74) is 3.31. The maximum absolute atomic E-state index is 13.5. The SMILES string of the molecule is CCOc1ccccc1CCCNC(=O)CN(c1ccccc1C)S(=O)(=O)c1ccc(C)cc1. The molecular weight excluding hydrogens is 448 g/mol. The van der Waals surface area contributed by atoms with Gasteiger partial charge in [0, 0.05) is 6.54 Å². The average molecular weight is 481 g/mol. The molecule has 0 radical (unpaired) electrons. The number of carbonyl (C=O) groups excluding carboxylic acids is 1. The fourth-order valence-corrected chi connectivity index (χ4v) is 5.17. The summed E-state index contributed by atoms with van der Waals surface area (Å²) in [7, 11) is -3.92. The van der Waals surface area contributed by atoms with Crippen LogP contribution in [0.2, 0.25) is 0 Å². The third-order valence-corrected chi connectivity index (χ3v) is 7.27. The molecule has 180 valence electrons. The first-order valence-electron chi connectivity index (χ1n) is 11.5. The van der Waals surface area contributed by atoms with Crippen molar-refractivity contribution in [2.75, 3.05) is 24.0 Å². The van der Waals surface area contributed by atoms with Crippen LogP contribution >= 0.6 is 0 Å². The van der Waals surface area contributed by atoms with E-state index < -0.39 is 10.0 Å². The highest BCUT2D eigenvalue weighted by Gasteiger charge is 2.28. The number of anilines is 1. The molecule has 3 aromatic carbocycles. The third kappa shape index (κ3) is 6.38. The first-order valence-corrected chi connectivity index (χ1v) is 12.9. The predicted octanol–water partition coefficient (Wildman–Crippen LogP) is 4.65. The summed E-state index contributed by atoms with van der Waals surface area (Å²) in [5.74, 6) is 0.503. The number of benzene rings is 3. The largest absolute Gasteiger partial charge is 0.494 e. The molecule has 0 aliphatic heterocycles. The summed E-state index contributed by atoms with van der Waals surface area (Å²) >= 11 is 0. The Balaban J connectivity index is 1.70. The Morgan fingerprint density at radius 2 is 1.62 bits per heavy atom. The highest BCUT2D eigenvalue weighted by Crippen LogP contribution is 2.26. The monoisotopic (exact) mass is 480 g/mol. The Hall–Kier alpha value is -3.32. The summed E-state index contributed by atoms with van der Waals surface area (Å²) < 4.78 is 33.8. The second-order valence-corrected chi connectivity index (χ2v) is 9.97. The molecule has 0 unspecified atom stereocenters. The molecule has 0 atom stereocenters. The maximum Gasteiger partial charge on any atom is 0.264 e. The van der Waals surface area contributed by atoms with Gasteiger partial charge in [-0.15, -0.1) is 0 Å². The van der Waals surface area contributed by atoms with E-state index in [-0.39, 0.29) is 17.3 Å². The van der Waals surface area contributed by atoms with Crippen LogP contribution in [-0.2, 0) is 21.2 Å². The smallest absolute Gasteiger partial charge is 0.264 e. The van der Waals surface area contributed by atoms with E-state index in [0.29, 0.717) is 25.3 Å². The van der Waals surface area contributed by atoms with Crippen LogP contribution < -0.4 is 14.4 Å². The molecule has 0 fully saturated rings. The van der Waals surface area contributed by atoms with Crippen LogP contribution in [0.5, 0.6) is 5.75 Å². The van der Waals surface area contributed by atoms with Gasteiger partial charge < -0.3 is 10.1 Å². The Morgan fingerprint density at radius 1 is 0.941 bits per heavy atom. The lowest BCUT2D eigenvalue weighted by Crippen LogP contribution is -2.41. The number of aryl methyl sites for hydroxylation is 3. The van der Waals surface area contributed by atoms with E-state index in [4.69, 9.17) is 4.74 Å². The van der Waals surface area contributed by atoms with E-state index in [9.17, 15) is 13.2 Å². The Morgan fingerprint density at radius 3 is 2.32 bits per heavy atom. The minimum Gasteiger partial charge on any atom is -0.494 e. The minimum atomic E-state index is -3.92. The molecule has 1 N–H and O–H groups in total. The number of nitrogens with one attached hydrogen (secondary N) is 1. The minimum absolute atomic E-state index is 0.154. The van der Waals surface area contributed by atoms with Crippen LogP contribution in [0, 0.1) is 13.8 Å². The Labute approximate surface area is 202 Å². The predicted molar refractivity (Wildman–Crippen MR) is 136 cm³/mol. The van der Waals surface area contributed by atoms with E-state index in [1.54, 1.807) is 36.4 Å². The molecule has 3 aromatic rings. The number of para-hydroxylation sites is 2. The summed E-state index contributed by atoms with van der Waals surface area (Å²) in [6, 6.07) is 21.7. The molecule has 0 bridgehead atoms. The summed E-state index contributed by atoms with van der Waals surface area (Å²) in [6.07, 6.45) is 1.46. The van der Waals surface area contributed by atoms with Gasteiger partial charge in [-0.3, -0.25) is 9.10 Å². The standard InChI is InChI=1S/C27H32N2O4S/c1-4-33-26-14-8-6-11-23(26)12-9-19-28-27(30)20-29(25-13-7-5-10-22(25)3)34(31,32)24-17-15-21(2)16-18-24/h5-8,10-11,13-18H,4,9,12,19-20H2,1-3H3,(H,28,30). The number of rotatable bonds is 11. The number of sulfonamides is 1. The molecule has 0 aromatic heterocycles. The van der Waals surface area contributed by atoms with Crippen molar-refractivity contribution in [2.24, 2.45) is 0 Å². The number of hydrogen-bond acceptors (Lipinski definition) is 4. The van der Waals surface area contributed by atoms with Gasteiger partial charge in [0.15, 0.2) is 0 Å². The number of carbonyl (C=O) groups is 1. The van der Waals surface area contributed by atoms with Crippen molar-refractivity contribution in [3.8, 4) is 5.75 Å². The van der Waals surface area contributed by atoms with E-state index in [2.05, 4.69) is 5.32 Å². The third-order valence-electron chi connectivity index (χ3n) is 5.50. The van der Waals surface area contributed by atoms with Gasteiger partial charge in [-0.25, -0.2) is 8.42 Å². The molecule has 0 saturated heterocycles. The van der Waals surface area contributed by atoms with Crippen molar-refractivity contribution in [1.82, 2.24) is 5.32 Å². The maximum atomic E-state index is 13.5. The topological polar surface area (TPSA) is 75.7 Å². The van der Waals surface area contributed by atoms with Crippen LogP contribution in [0.3, 0.4) is 0 Å². The van der Waals surface area contributed by atoms with E-state index in [0.717, 1.165) is 28.9 Å². The van der Waals surface area contributed by atoms with Gasteiger partial charge in [0.2, 0.25) is 5.91 Å². The average Bonchev–Trinajstić information content (AvgIpc) is 2.82. The number of ether oxygens (including phenoxy) is 1. The second kappa shape index (κ2) is 11.7. The van der Waals surface area contributed by atoms with Crippen LogP contribution in [0.1, 0.15) is 30.0 Å². The molecular formula is C27H32N2O4S. The van der Waals surface area contributed by atoms with E-state index >= 15 is 0 Å². The highest BCUT2D eigenvalue weighted by atomic mass is 32.2. The molecule has 0 aliphatic rings. The van der Waals surface area contributed by atoms with Crippen molar-refractivity contribution in [2.45, 2.75) is 38.5 Å². The lowest BCUT2D eigenvalue weighted by atomic mass is 10.1. The van der Waals surface area contributed by atoms with Crippen molar-refractivity contribution < 1.29 is 17.9 Å². The van der Waals surface area contributed by atoms with Crippen LogP contribution in [-0.4, -0.2) is 34.0 Å². The van der Waals surface area contributed by atoms with E-state index in [1.165, 1.54) is 4.31 Å². The summed E-state index contributed by atoms with van der Waals surface area (Å²) in [5, 5.41) is 2.87. The molecule has 3 rings (SSSR count). The van der Waals surface area contributed by atoms with Crippen LogP contribution in [0.25, 0.3) is 0 Å². The Bertz CT molecular complexity index is 1210.